The lowest BCUT2D eigenvalue weighted by Crippen LogP contribution is -2.20. The summed E-state index contributed by atoms with van der Waals surface area (Å²) in [6.07, 6.45) is 1.75. The number of halogens is 1. The van der Waals surface area contributed by atoms with Gasteiger partial charge in [-0.1, -0.05) is 11.6 Å². The lowest BCUT2D eigenvalue weighted by atomic mass is 10.2. The highest BCUT2D eigenvalue weighted by atomic mass is 35.5. The standard InChI is InChI=1S/C25H23ClN6O2/c1-16-11-12-27-22(13-16)32-24-14-23(28-17(2)29-24)30-19-5-7-20(8-6-19)31-25(33)15-34-21-9-3-18(26)4-10-21/h3-14H,15H2,1-2H3,(H,31,33)(H2,27,28,29,30,32). The number of nitrogens with one attached hydrogen (secondary N) is 3. The van der Waals surface area contributed by atoms with Crippen molar-refractivity contribution >= 4 is 46.3 Å². The molecular weight excluding hydrogens is 452 g/mol. The number of rotatable bonds is 8. The van der Waals surface area contributed by atoms with Gasteiger partial charge in [0.2, 0.25) is 0 Å². The number of carbonyl (C=O) groups excluding carboxylic acids is 1. The molecular formula is C25H23ClN6O2. The van der Waals surface area contributed by atoms with Crippen LogP contribution in [0.15, 0.2) is 72.9 Å². The fourth-order valence-electron chi connectivity index (χ4n) is 3.09. The summed E-state index contributed by atoms with van der Waals surface area (Å²) in [5, 5.41) is 9.87. The number of hydrogen-bond donors (Lipinski definition) is 3. The van der Waals surface area contributed by atoms with Gasteiger partial charge >= 0.3 is 0 Å². The van der Waals surface area contributed by atoms with Crippen molar-refractivity contribution in [1.29, 1.82) is 0 Å². The number of nitrogens with zero attached hydrogens (tertiary/aromatic N) is 3. The fourth-order valence-corrected chi connectivity index (χ4v) is 3.22. The van der Waals surface area contributed by atoms with Crippen LogP contribution in [0.25, 0.3) is 0 Å². The molecule has 0 spiro atoms. The first-order valence-electron chi connectivity index (χ1n) is 10.5. The Morgan fingerprint density at radius 3 is 2.24 bits per heavy atom. The molecule has 9 heteroatoms. The Balaban J connectivity index is 1.34. The second kappa shape index (κ2) is 10.6. The quantitative estimate of drug-likeness (QED) is 0.303. The van der Waals surface area contributed by atoms with E-state index in [2.05, 4.69) is 30.9 Å². The highest BCUT2D eigenvalue weighted by molar-refractivity contribution is 6.30. The zero-order valence-electron chi connectivity index (χ0n) is 18.7. The molecule has 4 rings (SSSR count). The van der Waals surface area contributed by atoms with Gasteiger partial charge in [-0.05, 0) is 80.1 Å². The van der Waals surface area contributed by atoms with E-state index in [0.717, 1.165) is 11.3 Å². The highest BCUT2D eigenvalue weighted by Gasteiger charge is 2.07. The molecule has 172 valence electrons. The number of anilines is 5. The van der Waals surface area contributed by atoms with E-state index in [1.165, 1.54) is 0 Å². The van der Waals surface area contributed by atoms with Gasteiger partial charge in [0, 0.05) is 28.7 Å². The number of carbonyl (C=O) groups is 1. The SMILES string of the molecule is Cc1ccnc(Nc2cc(Nc3ccc(NC(=O)COc4ccc(Cl)cc4)cc3)nc(C)n2)c1. The van der Waals surface area contributed by atoms with Crippen LogP contribution in [0.1, 0.15) is 11.4 Å². The van der Waals surface area contributed by atoms with Crippen LogP contribution in [0.3, 0.4) is 0 Å². The van der Waals surface area contributed by atoms with Gasteiger partial charge < -0.3 is 20.7 Å². The largest absolute Gasteiger partial charge is 0.484 e. The molecule has 2 aromatic carbocycles. The summed E-state index contributed by atoms with van der Waals surface area (Å²) in [4.78, 5) is 25.3. The smallest absolute Gasteiger partial charge is 0.262 e. The summed E-state index contributed by atoms with van der Waals surface area (Å²) < 4.78 is 5.46. The van der Waals surface area contributed by atoms with E-state index in [4.69, 9.17) is 16.3 Å². The second-order valence-electron chi connectivity index (χ2n) is 7.52. The van der Waals surface area contributed by atoms with Crippen LogP contribution in [-0.2, 0) is 4.79 Å². The highest BCUT2D eigenvalue weighted by Crippen LogP contribution is 2.21. The van der Waals surface area contributed by atoms with E-state index < -0.39 is 0 Å². The second-order valence-corrected chi connectivity index (χ2v) is 7.96. The topological polar surface area (TPSA) is 101 Å². The average molecular weight is 475 g/mol. The Morgan fingerprint density at radius 1 is 0.853 bits per heavy atom. The maximum absolute atomic E-state index is 12.2. The van der Waals surface area contributed by atoms with Crippen LogP contribution < -0.4 is 20.7 Å². The number of benzene rings is 2. The molecule has 0 radical (unpaired) electrons. The number of amides is 1. The normalized spacial score (nSPS) is 10.4. The number of ether oxygens (including phenoxy) is 1. The molecule has 0 bridgehead atoms. The minimum absolute atomic E-state index is 0.104. The Morgan fingerprint density at radius 2 is 1.53 bits per heavy atom. The molecule has 8 nitrogen and oxygen atoms in total. The van der Waals surface area contributed by atoms with Crippen molar-refractivity contribution in [3.05, 3.63) is 89.3 Å². The molecule has 0 fully saturated rings. The maximum Gasteiger partial charge on any atom is 0.262 e. The third-order valence-electron chi connectivity index (χ3n) is 4.63. The number of aromatic nitrogens is 3. The molecule has 0 unspecified atom stereocenters. The minimum Gasteiger partial charge on any atom is -0.484 e. The van der Waals surface area contributed by atoms with Crippen molar-refractivity contribution in [1.82, 2.24) is 15.0 Å². The third kappa shape index (κ3) is 6.66. The Labute approximate surface area is 202 Å². The van der Waals surface area contributed by atoms with Crippen molar-refractivity contribution in [2.75, 3.05) is 22.6 Å². The van der Waals surface area contributed by atoms with Crippen LogP contribution in [0.5, 0.6) is 5.75 Å². The first kappa shape index (κ1) is 23.0. The van der Waals surface area contributed by atoms with Crippen molar-refractivity contribution in [2.45, 2.75) is 13.8 Å². The Hall–Kier alpha value is -4.17. The van der Waals surface area contributed by atoms with Gasteiger partial charge in [-0.3, -0.25) is 4.79 Å². The van der Waals surface area contributed by atoms with E-state index >= 15 is 0 Å². The summed E-state index contributed by atoms with van der Waals surface area (Å²) in [5.41, 5.74) is 2.57. The maximum atomic E-state index is 12.2. The fraction of sp³-hybridized carbons (Fsp3) is 0.120. The molecule has 0 atom stereocenters. The number of aryl methyl sites for hydroxylation is 2. The predicted octanol–water partition coefficient (Wildman–Crippen LogP) is 5.65. The molecule has 34 heavy (non-hydrogen) atoms. The van der Waals surface area contributed by atoms with Gasteiger partial charge in [0.1, 0.15) is 29.0 Å². The van der Waals surface area contributed by atoms with Gasteiger partial charge in [-0.15, -0.1) is 0 Å². The zero-order valence-corrected chi connectivity index (χ0v) is 19.4. The van der Waals surface area contributed by atoms with Crippen LogP contribution in [0, 0.1) is 13.8 Å². The number of pyridine rings is 1. The van der Waals surface area contributed by atoms with Gasteiger partial charge in [-0.25, -0.2) is 15.0 Å². The molecule has 2 heterocycles. The van der Waals surface area contributed by atoms with Crippen LogP contribution >= 0.6 is 11.6 Å². The molecule has 4 aromatic rings. The Bertz CT molecular complexity index is 1280. The summed E-state index contributed by atoms with van der Waals surface area (Å²) in [6.45, 7) is 3.72. The average Bonchev–Trinajstić information content (AvgIpc) is 2.80. The van der Waals surface area contributed by atoms with E-state index in [9.17, 15) is 4.79 Å². The molecule has 0 aliphatic carbocycles. The summed E-state index contributed by atoms with van der Waals surface area (Å²) in [7, 11) is 0. The van der Waals surface area contributed by atoms with Crippen molar-refractivity contribution in [3.8, 4) is 5.75 Å². The van der Waals surface area contributed by atoms with Crippen molar-refractivity contribution < 1.29 is 9.53 Å². The number of hydrogen-bond acceptors (Lipinski definition) is 7. The molecule has 1 amide bonds. The first-order valence-corrected chi connectivity index (χ1v) is 10.9. The molecule has 0 saturated carbocycles. The molecule has 3 N–H and O–H groups in total. The van der Waals surface area contributed by atoms with E-state index in [1.807, 2.05) is 38.1 Å². The monoisotopic (exact) mass is 474 g/mol. The van der Waals surface area contributed by atoms with Crippen molar-refractivity contribution in [3.63, 3.8) is 0 Å². The summed E-state index contributed by atoms with van der Waals surface area (Å²) in [5.74, 6) is 2.91. The molecule has 0 saturated heterocycles. The van der Waals surface area contributed by atoms with Gasteiger partial charge in [0.15, 0.2) is 6.61 Å². The first-order chi connectivity index (χ1) is 16.4. The Kier molecular flexibility index (Phi) is 7.19. The van der Waals surface area contributed by atoms with Crippen molar-refractivity contribution in [2.24, 2.45) is 0 Å². The minimum atomic E-state index is -0.262. The molecule has 2 aromatic heterocycles. The van der Waals surface area contributed by atoms with Gasteiger partial charge in [0.25, 0.3) is 5.91 Å². The van der Waals surface area contributed by atoms with E-state index in [0.29, 0.717) is 39.7 Å². The van der Waals surface area contributed by atoms with Crippen LogP contribution in [0.2, 0.25) is 5.02 Å². The van der Waals surface area contributed by atoms with Gasteiger partial charge in [-0.2, -0.15) is 0 Å². The third-order valence-corrected chi connectivity index (χ3v) is 4.89. The summed E-state index contributed by atoms with van der Waals surface area (Å²) in [6, 6.07) is 19.8. The lowest BCUT2D eigenvalue weighted by Gasteiger charge is -2.11. The van der Waals surface area contributed by atoms with Crippen LogP contribution in [-0.4, -0.2) is 27.5 Å². The molecule has 0 aliphatic rings. The van der Waals surface area contributed by atoms with Crippen LogP contribution in [0.4, 0.5) is 28.8 Å². The van der Waals surface area contributed by atoms with E-state index in [1.54, 1.807) is 48.7 Å². The molecule has 0 aliphatic heterocycles. The summed E-state index contributed by atoms with van der Waals surface area (Å²) >= 11 is 5.85. The predicted molar refractivity (Wildman–Crippen MR) is 134 cm³/mol. The van der Waals surface area contributed by atoms with E-state index in [-0.39, 0.29) is 12.5 Å². The zero-order chi connectivity index (χ0) is 23.9. The van der Waals surface area contributed by atoms with Gasteiger partial charge in [0.05, 0.1) is 0 Å². The lowest BCUT2D eigenvalue weighted by molar-refractivity contribution is -0.118.